The van der Waals surface area contributed by atoms with E-state index in [0.717, 1.165) is 12.8 Å². The van der Waals surface area contributed by atoms with Crippen molar-refractivity contribution in [2.75, 3.05) is 45.9 Å². The Morgan fingerprint density at radius 2 is 1.83 bits per heavy atom. The average molecular weight is 501 g/mol. The van der Waals surface area contributed by atoms with E-state index >= 15 is 0 Å². The quantitative estimate of drug-likeness (QED) is 0.406. The second-order valence-corrected chi connectivity index (χ2v) is 10.7. The van der Waals surface area contributed by atoms with E-state index in [2.05, 4.69) is 43.4 Å². The van der Waals surface area contributed by atoms with Crippen LogP contribution in [0.5, 0.6) is 0 Å². The molecule has 3 aliphatic heterocycles. The second kappa shape index (κ2) is 12.2. The second-order valence-electron chi connectivity index (χ2n) is 10.7. The molecule has 0 spiro atoms. The molecule has 3 amide bonds. The Kier molecular flexibility index (Phi) is 8.98. The number of carbonyl (C=O) groups is 3. The number of nitrogens with one attached hydrogen (secondary N) is 2. The average Bonchev–Trinajstić information content (AvgIpc) is 2.92. The molecule has 3 fully saturated rings. The Bertz CT molecular complexity index is 924. The molecule has 0 radical (unpaired) electrons. The number of morpholine rings is 1. The van der Waals surface area contributed by atoms with Crippen molar-refractivity contribution in [2.45, 2.75) is 57.4 Å². The molecule has 9 heteroatoms. The summed E-state index contributed by atoms with van der Waals surface area (Å²) in [5.74, 6) is -0.544. The fourth-order valence-electron chi connectivity index (χ4n) is 5.76. The number of hydroxylamine groups is 1. The smallest absolute Gasteiger partial charge is 0.248 e. The van der Waals surface area contributed by atoms with E-state index in [1.165, 1.54) is 11.1 Å². The zero-order valence-electron chi connectivity index (χ0n) is 21.4. The summed E-state index contributed by atoms with van der Waals surface area (Å²) in [6.45, 7) is 8.40. The highest BCUT2D eigenvalue weighted by Crippen LogP contribution is 2.32. The molecular formula is C27H40N4O5. The van der Waals surface area contributed by atoms with Crippen LogP contribution < -0.4 is 10.8 Å². The Balaban J connectivity index is 1.34. The van der Waals surface area contributed by atoms with Gasteiger partial charge in [0.25, 0.3) is 0 Å². The van der Waals surface area contributed by atoms with E-state index in [4.69, 9.17) is 4.74 Å². The molecule has 0 aromatic heterocycles. The highest BCUT2D eigenvalue weighted by molar-refractivity contribution is 5.90. The van der Waals surface area contributed by atoms with Crippen molar-refractivity contribution < 1.29 is 24.3 Å². The Morgan fingerprint density at radius 3 is 2.50 bits per heavy atom. The van der Waals surface area contributed by atoms with E-state index in [9.17, 15) is 19.6 Å². The van der Waals surface area contributed by atoms with Crippen molar-refractivity contribution in [3.63, 3.8) is 0 Å². The number of nitrogens with zero attached hydrogens (tertiary/aromatic N) is 2. The van der Waals surface area contributed by atoms with Crippen LogP contribution in [0.4, 0.5) is 0 Å². The summed E-state index contributed by atoms with van der Waals surface area (Å²) in [5, 5.41) is 12.6. The first kappa shape index (κ1) is 26.6. The summed E-state index contributed by atoms with van der Waals surface area (Å²) in [7, 11) is 0. The van der Waals surface area contributed by atoms with Crippen molar-refractivity contribution in [3.8, 4) is 0 Å². The lowest BCUT2D eigenvalue weighted by molar-refractivity contribution is -0.146. The topological polar surface area (TPSA) is 111 Å². The van der Waals surface area contributed by atoms with Gasteiger partial charge in [0.15, 0.2) is 0 Å². The summed E-state index contributed by atoms with van der Waals surface area (Å²) < 4.78 is 5.32. The Morgan fingerprint density at radius 1 is 1.11 bits per heavy atom. The summed E-state index contributed by atoms with van der Waals surface area (Å²) in [4.78, 5) is 42.3. The number of hydrogen-bond acceptors (Lipinski definition) is 6. The molecule has 3 N–H and O–H groups in total. The maximum absolute atomic E-state index is 13.5. The predicted molar refractivity (Wildman–Crippen MR) is 134 cm³/mol. The molecular weight excluding hydrogens is 460 g/mol. The van der Waals surface area contributed by atoms with E-state index < -0.39 is 17.9 Å². The van der Waals surface area contributed by atoms with E-state index in [-0.39, 0.29) is 17.7 Å². The summed E-state index contributed by atoms with van der Waals surface area (Å²) in [6, 6.07) is 8.04. The molecule has 3 saturated heterocycles. The van der Waals surface area contributed by atoms with Gasteiger partial charge in [-0.15, -0.1) is 0 Å². The molecule has 1 aromatic rings. The maximum atomic E-state index is 13.5. The minimum Gasteiger partial charge on any atom is -0.378 e. The number of rotatable bonds is 6. The van der Waals surface area contributed by atoms with E-state index in [1.54, 1.807) is 10.4 Å². The number of hydrogen-bond donors (Lipinski definition) is 3. The van der Waals surface area contributed by atoms with Gasteiger partial charge in [-0.2, -0.15) is 0 Å². The van der Waals surface area contributed by atoms with Gasteiger partial charge < -0.3 is 19.9 Å². The number of ether oxygens (including phenoxy) is 1. The fraction of sp³-hybridized carbons (Fsp3) is 0.667. The van der Waals surface area contributed by atoms with Gasteiger partial charge in [-0.3, -0.25) is 19.6 Å². The van der Waals surface area contributed by atoms with Crippen molar-refractivity contribution in [2.24, 2.45) is 11.8 Å². The van der Waals surface area contributed by atoms with Crippen LogP contribution in [-0.4, -0.2) is 84.7 Å². The zero-order valence-corrected chi connectivity index (χ0v) is 21.4. The third-order valence-electron chi connectivity index (χ3n) is 8.01. The van der Waals surface area contributed by atoms with Gasteiger partial charge in [-0.25, -0.2) is 5.48 Å². The van der Waals surface area contributed by atoms with Crippen LogP contribution in [0.15, 0.2) is 24.3 Å². The molecule has 4 rings (SSSR count). The summed E-state index contributed by atoms with van der Waals surface area (Å²) in [5.41, 5.74) is 4.40. The largest absolute Gasteiger partial charge is 0.378 e. The molecule has 3 atom stereocenters. The molecule has 0 aliphatic carbocycles. The number of amides is 3. The van der Waals surface area contributed by atoms with Gasteiger partial charge in [-0.1, -0.05) is 38.1 Å². The monoisotopic (exact) mass is 500 g/mol. The van der Waals surface area contributed by atoms with Crippen molar-refractivity contribution in [3.05, 3.63) is 35.4 Å². The van der Waals surface area contributed by atoms with Gasteiger partial charge >= 0.3 is 0 Å². The highest BCUT2D eigenvalue weighted by atomic mass is 16.5. The highest BCUT2D eigenvalue weighted by Gasteiger charge is 2.42. The molecule has 36 heavy (non-hydrogen) atoms. The molecule has 0 saturated carbocycles. The zero-order chi connectivity index (χ0) is 25.7. The molecule has 9 nitrogen and oxygen atoms in total. The van der Waals surface area contributed by atoms with Crippen LogP contribution >= 0.6 is 0 Å². The number of piperidine rings is 2. The molecule has 0 bridgehead atoms. The van der Waals surface area contributed by atoms with Crippen LogP contribution in [0, 0.1) is 11.8 Å². The first-order valence-corrected chi connectivity index (χ1v) is 13.3. The van der Waals surface area contributed by atoms with Gasteiger partial charge in [-0.05, 0) is 54.7 Å². The normalized spacial score (nSPS) is 25.6. The SMILES string of the molecule is CC(C)c1cccc(C2CCN(C(=O)[C@H]3NC[C@@H](CC(=O)N4CCOCC4)C[C@@H]3C(=O)NO)CC2)c1. The summed E-state index contributed by atoms with van der Waals surface area (Å²) >= 11 is 0. The van der Waals surface area contributed by atoms with E-state index in [1.807, 2.05) is 4.90 Å². The number of benzene rings is 1. The summed E-state index contributed by atoms with van der Waals surface area (Å²) in [6.07, 6.45) is 2.45. The van der Waals surface area contributed by atoms with Gasteiger partial charge in [0.1, 0.15) is 0 Å². The lowest BCUT2D eigenvalue weighted by Gasteiger charge is -2.40. The fourth-order valence-corrected chi connectivity index (χ4v) is 5.76. The maximum Gasteiger partial charge on any atom is 0.248 e. The van der Waals surface area contributed by atoms with Crippen LogP contribution in [0.3, 0.4) is 0 Å². The van der Waals surface area contributed by atoms with Crippen LogP contribution in [0.25, 0.3) is 0 Å². The van der Waals surface area contributed by atoms with E-state index in [0.29, 0.717) is 70.6 Å². The molecule has 3 aliphatic rings. The number of carbonyl (C=O) groups excluding carboxylic acids is 3. The predicted octanol–water partition coefficient (Wildman–Crippen LogP) is 1.86. The van der Waals surface area contributed by atoms with Gasteiger partial charge in [0.2, 0.25) is 17.7 Å². The van der Waals surface area contributed by atoms with Crippen LogP contribution in [-0.2, 0) is 19.1 Å². The van der Waals surface area contributed by atoms with Gasteiger partial charge in [0.05, 0.1) is 25.2 Å². The molecule has 0 unspecified atom stereocenters. The van der Waals surface area contributed by atoms with Crippen LogP contribution in [0.2, 0.25) is 0 Å². The molecule has 3 heterocycles. The molecule has 1 aromatic carbocycles. The lowest BCUT2D eigenvalue weighted by atomic mass is 9.81. The molecule has 198 valence electrons. The first-order valence-electron chi connectivity index (χ1n) is 13.3. The van der Waals surface area contributed by atoms with Gasteiger partial charge in [0, 0.05) is 32.6 Å². The van der Waals surface area contributed by atoms with Crippen molar-refractivity contribution in [1.29, 1.82) is 0 Å². The third-order valence-corrected chi connectivity index (χ3v) is 8.01. The lowest BCUT2D eigenvalue weighted by Crippen LogP contribution is -2.59. The Labute approximate surface area is 213 Å². The van der Waals surface area contributed by atoms with Crippen LogP contribution in [0.1, 0.15) is 62.5 Å². The minimum absolute atomic E-state index is 0.0432. The minimum atomic E-state index is -0.723. The first-order chi connectivity index (χ1) is 17.4. The Hall–Kier alpha value is -2.49. The standard InChI is InChI=1S/C27H40N4O5/c1-18(2)21-4-3-5-22(16-21)20-6-8-31(9-7-20)27(34)25-23(26(33)29-35)14-19(17-28-25)15-24(32)30-10-12-36-13-11-30/h3-5,16,18-20,23,25,28,35H,6-15,17H2,1-2H3,(H,29,33)/t19-,23+,25+/m1/s1. The number of likely N-dealkylation sites (tertiary alicyclic amines) is 1. The van der Waals surface area contributed by atoms with Crippen molar-refractivity contribution >= 4 is 17.7 Å². The third kappa shape index (κ3) is 6.25. The van der Waals surface area contributed by atoms with Crippen molar-refractivity contribution in [1.82, 2.24) is 20.6 Å².